The average molecular weight is 433 g/mol. The van der Waals surface area contributed by atoms with Crippen LogP contribution in [0.25, 0.3) is 16.5 Å². The Kier molecular flexibility index (Phi) is 5.64. The van der Waals surface area contributed by atoms with Crippen molar-refractivity contribution < 1.29 is 19.2 Å². The first-order valence-corrected chi connectivity index (χ1v) is 10.0. The number of carbonyl (C=O) groups excluding carboxylic acids is 1. The number of hydrogen-bond acceptors (Lipinski definition) is 7. The Bertz CT molecular complexity index is 1230. The number of benzene rings is 2. The van der Waals surface area contributed by atoms with Crippen LogP contribution in [0.4, 0.5) is 11.4 Å². The van der Waals surface area contributed by atoms with Crippen LogP contribution >= 0.6 is 11.3 Å². The van der Waals surface area contributed by atoms with Gasteiger partial charge in [-0.1, -0.05) is 30.3 Å². The van der Waals surface area contributed by atoms with Crippen molar-refractivity contribution in [1.29, 1.82) is 5.26 Å². The van der Waals surface area contributed by atoms with Crippen LogP contribution in [-0.2, 0) is 4.79 Å². The summed E-state index contributed by atoms with van der Waals surface area (Å²) in [5.41, 5.74) is 0.432. The van der Waals surface area contributed by atoms with E-state index in [0.29, 0.717) is 17.2 Å². The molecule has 154 valence electrons. The number of nitrogens with zero attached hydrogens (tertiary/aromatic N) is 2. The predicted octanol–water partition coefficient (Wildman–Crippen LogP) is 4.64. The van der Waals surface area contributed by atoms with Crippen molar-refractivity contribution >= 4 is 34.7 Å². The highest BCUT2D eigenvalue weighted by Crippen LogP contribution is 2.39. The van der Waals surface area contributed by atoms with Gasteiger partial charge in [0.05, 0.1) is 11.0 Å². The first-order chi connectivity index (χ1) is 15.0. The number of amides is 1. The molecule has 0 saturated heterocycles. The molecule has 1 amide bonds. The lowest BCUT2D eigenvalue weighted by molar-refractivity contribution is -0.384. The monoisotopic (exact) mass is 433 g/mol. The minimum absolute atomic E-state index is 0.0726. The second-order valence-corrected chi connectivity index (χ2v) is 7.58. The smallest absolute Gasteiger partial charge is 0.296 e. The molecule has 0 aliphatic carbocycles. The van der Waals surface area contributed by atoms with Crippen LogP contribution in [0, 0.1) is 21.4 Å². The fraction of sp³-hybridized carbons (Fsp3) is 0.0909. The maximum Gasteiger partial charge on any atom is 0.296 e. The molecule has 0 bridgehead atoms. The third-order valence-electron chi connectivity index (χ3n) is 4.44. The zero-order valence-corrected chi connectivity index (χ0v) is 16.8. The van der Waals surface area contributed by atoms with Crippen LogP contribution in [-0.4, -0.2) is 24.0 Å². The van der Waals surface area contributed by atoms with E-state index < -0.39 is 10.8 Å². The molecule has 0 fully saturated rings. The molecule has 0 spiro atoms. The number of nitro groups is 1. The largest absolute Gasteiger partial charge is 0.486 e. The highest BCUT2D eigenvalue weighted by atomic mass is 32.1. The van der Waals surface area contributed by atoms with Crippen molar-refractivity contribution in [2.24, 2.45) is 0 Å². The Morgan fingerprint density at radius 2 is 1.84 bits per heavy atom. The maximum absolute atomic E-state index is 12.7. The van der Waals surface area contributed by atoms with Gasteiger partial charge in [0.15, 0.2) is 11.5 Å². The van der Waals surface area contributed by atoms with Crippen molar-refractivity contribution in [2.45, 2.75) is 0 Å². The summed E-state index contributed by atoms with van der Waals surface area (Å²) in [6, 6.07) is 17.8. The molecule has 3 aromatic rings. The van der Waals surface area contributed by atoms with Gasteiger partial charge >= 0.3 is 0 Å². The summed E-state index contributed by atoms with van der Waals surface area (Å²) in [4.78, 5) is 25.2. The van der Waals surface area contributed by atoms with E-state index >= 15 is 0 Å². The summed E-state index contributed by atoms with van der Waals surface area (Å²) in [6.07, 6.45) is 1.45. The van der Waals surface area contributed by atoms with Gasteiger partial charge in [0, 0.05) is 15.8 Å². The molecule has 2 heterocycles. The number of ether oxygens (including phenoxy) is 2. The van der Waals surface area contributed by atoms with Gasteiger partial charge in [-0.05, 0) is 23.8 Å². The summed E-state index contributed by atoms with van der Waals surface area (Å²) in [6.45, 7) is 0.576. The van der Waals surface area contributed by atoms with E-state index in [-0.39, 0.29) is 29.3 Å². The van der Waals surface area contributed by atoms with Crippen molar-refractivity contribution in [2.75, 3.05) is 18.5 Å². The average Bonchev–Trinajstić information content (AvgIpc) is 3.26. The Morgan fingerprint density at radius 1 is 1.13 bits per heavy atom. The molecule has 8 nitrogen and oxygen atoms in total. The number of nitro benzene ring substituents is 1. The molecule has 0 atom stereocenters. The fourth-order valence-electron chi connectivity index (χ4n) is 3.00. The number of fused-ring (bicyclic) bond motifs is 1. The molecule has 0 unspecified atom stereocenters. The van der Waals surface area contributed by atoms with Crippen LogP contribution < -0.4 is 14.8 Å². The zero-order valence-electron chi connectivity index (χ0n) is 16.0. The van der Waals surface area contributed by atoms with Crippen molar-refractivity contribution in [3.63, 3.8) is 0 Å². The third-order valence-corrected chi connectivity index (χ3v) is 5.52. The van der Waals surface area contributed by atoms with Gasteiger partial charge in [-0.3, -0.25) is 14.9 Å². The minimum Gasteiger partial charge on any atom is -0.486 e. The Hall–Kier alpha value is -4.16. The van der Waals surface area contributed by atoms with Crippen LogP contribution in [0.3, 0.4) is 0 Å². The van der Waals surface area contributed by atoms with Crippen molar-refractivity contribution in [1.82, 2.24) is 0 Å². The van der Waals surface area contributed by atoms with Crippen LogP contribution in [0.2, 0.25) is 0 Å². The van der Waals surface area contributed by atoms with Gasteiger partial charge in [-0.25, -0.2) is 0 Å². The second-order valence-electron chi connectivity index (χ2n) is 6.46. The molecule has 0 radical (unpaired) electrons. The topological polar surface area (TPSA) is 114 Å². The quantitative estimate of drug-likeness (QED) is 0.271. The number of carbonyl (C=O) groups is 1. The number of anilines is 1. The lowest BCUT2D eigenvalue weighted by Crippen LogP contribution is -2.18. The minimum atomic E-state index is -0.753. The van der Waals surface area contributed by atoms with E-state index in [1.165, 1.54) is 29.5 Å². The van der Waals surface area contributed by atoms with E-state index in [9.17, 15) is 20.2 Å². The molecule has 1 aliphatic heterocycles. The van der Waals surface area contributed by atoms with Gasteiger partial charge in [0.25, 0.3) is 11.6 Å². The van der Waals surface area contributed by atoms with Gasteiger partial charge in [0.1, 0.15) is 30.5 Å². The lowest BCUT2D eigenvalue weighted by Gasteiger charge is -2.19. The Balaban J connectivity index is 1.60. The van der Waals surface area contributed by atoms with Gasteiger partial charge in [-0.15, -0.1) is 11.3 Å². The number of nitriles is 1. The van der Waals surface area contributed by atoms with Gasteiger partial charge in [-0.2, -0.15) is 5.26 Å². The molecule has 1 aromatic heterocycles. The van der Waals surface area contributed by atoms with Crippen molar-refractivity contribution in [3.05, 3.63) is 75.2 Å². The molecule has 1 aliphatic rings. The summed E-state index contributed by atoms with van der Waals surface area (Å²) >= 11 is 1.43. The molecule has 0 saturated carbocycles. The first-order valence-electron chi connectivity index (χ1n) is 9.21. The summed E-state index contributed by atoms with van der Waals surface area (Å²) in [7, 11) is 0. The van der Waals surface area contributed by atoms with E-state index in [2.05, 4.69) is 5.32 Å². The zero-order chi connectivity index (χ0) is 21.8. The SMILES string of the molecule is N#C/C(=C\c1ccc(-c2ccccc2)s1)C(=O)Nc1cc2c(cc1[N+](=O)[O-])OCCO2. The van der Waals surface area contributed by atoms with Crippen LogP contribution in [0.5, 0.6) is 11.5 Å². The third kappa shape index (κ3) is 4.39. The molecule has 9 heteroatoms. The number of hydrogen-bond donors (Lipinski definition) is 1. The summed E-state index contributed by atoms with van der Waals surface area (Å²) in [5, 5.41) is 23.4. The van der Waals surface area contributed by atoms with Gasteiger partial charge in [0.2, 0.25) is 0 Å². The molecule has 2 aromatic carbocycles. The molecule has 4 rings (SSSR count). The molecular weight excluding hydrogens is 418 g/mol. The van der Waals surface area contributed by atoms with E-state index in [1.807, 2.05) is 48.5 Å². The maximum atomic E-state index is 12.7. The van der Waals surface area contributed by atoms with E-state index in [0.717, 1.165) is 10.4 Å². The highest BCUT2D eigenvalue weighted by Gasteiger charge is 2.24. The number of thiophene rings is 1. The van der Waals surface area contributed by atoms with Crippen LogP contribution in [0.1, 0.15) is 4.88 Å². The Labute approximate surface area is 181 Å². The standard InChI is InChI=1S/C22H15N3O5S/c23-13-15(10-16-6-7-21(31-16)14-4-2-1-3-5-14)22(26)24-17-11-19-20(30-9-8-29-19)12-18(17)25(27)28/h1-7,10-12H,8-9H2,(H,24,26)/b15-10+. The summed E-state index contributed by atoms with van der Waals surface area (Å²) < 4.78 is 10.8. The first kappa shape index (κ1) is 20.1. The predicted molar refractivity (Wildman–Crippen MR) is 116 cm³/mol. The lowest BCUT2D eigenvalue weighted by atomic mass is 10.2. The van der Waals surface area contributed by atoms with E-state index in [1.54, 1.807) is 0 Å². The molecule has 1 N–H and O–H groups in total. The normalized spacial score (nSPS) is 12.7. The highest BCUT2D eigenvalue weighted by molar-refractivity contribution is 7.16. The van der Waals surface area contributed by atoms with Gasteiger partial charge < -0.3 is 14.8 Å². The molecular formula is C22H15N3O5S. The van der Waals surface area contributed by atoms with Crippen molar-refractivity contribution in [3.8, 4) is 28.0 Å². The Morgan fingerprint density at radius 3 is 2.52 bits per heavy atom. The number of rotatable bonds is 5. The summed E-state index contributed by atoms with van der Waals surface area (Å²) in [5.74, 6) is -0.226. The van der Waals surface area contributed by atoms with E-state index in [4.69, 9.17) is 9.47 Å². The van der Waals surface area contributed by atoms with Crippen LogP contribution in [0.15, 0.2) is 60.2 Å². The molecule has 31 heavy (non-hydrogen) atoms. The number of nitrogens with one attached hydrogen (secondary N) is 1. The fourth-order valence-corrected chi connectivity index (χ4v) is 3.95. The second kappa shape index (κ2) is 8.69.